The van der Waals surface area contributed by atoms with Crippen LogP contribution in [0.3, 0.4) is 0 Å². The molecule has 0 N–H and O–H groups in total. The maximum atomic E-state index is 11.2. The van der Waals surface area contributed by atoms with Gasteiger partial charge in [0.1, 0.15) is 0 Å². The first-order valence-corrected chi connectivity index (χ1v) is 5.40. The summed E-state index contributed by atoms with van der Waals surface area (Å²) < 4.78 is 12.1. The van der Waals surface area contributed by atoms with Gasteiger partial charge >= 0.3 is 0 Å². The summed E-state index contributed by atoms with van der Waals surface area (Å²) in [6.07, 6.45) is 2.48. The van der Waals surface area contributed by atoms with Crippen LogP contribution in [-0.2, 0) is 7.05 Å². The Kier molecular flexibility index (Phi) is 3.32. The summed E-state index contributed by atoms with van der Waals surface area (Å²) in [7, 11) is 4.92. The summed E-state index contributed by atoms with van der Waals surface area (Å²) in [5, 5.41) is 4.10. The molecule has 2 aromatic rings. The highest BCUT2D eigenvalue weighted by Gasteiger charge is 2.14. The SMILES string of the molecule is COc1cc(C=O)c(-c2ccnn2C)cc1OC. The standard InChI is InChI=1S/C13H14N2O3/c1-15-11(4-5-14-15)10-7-13(18-3)12(17-2)6-9(10)8-16/h4-8H,1-3H3. The van der Waals surface area contributed by atoms with Crippen molar-refractivity contribution in [2.24, 2.45) is 7.05 Å². The van der Waals surface area contributed by atoms with Crippen LogP contribution in [0.15, 0.2) is 24.4 Å². The number of nitrogens with zero attached hydrogens (tertiary/aromatic N) is 2. The third-order valence-corrected chi connectivity index (χ3v) is 2.78. The Hall–Kier alpha value is -2.30. The molecule has 18 heavy (non-hydrogen) atoms. The minimum Gasteiger partial charge on any atom is -0.493 e. The van der Waals surface area contributed by atoms with Crippen molar-refractivity contribution in [3.63, 3.8) is 0 Å². The second-order valence-electron chi connectivity index (χ2n) is 3.75. The van der Waals surface area contributed by atoms with Crippen molar-refractivity contribution in [2.75, 3.05) is 14.2 Å². The van der Waals surface area contributed by atoms with Crippen molar-refractivity contribution in [1.29, 1.82) is 0 Å². The quantitative estimate of drug-likeness (QED) is 0.773. The van der Waals surface area contributed by atoms with Gasteiger partial charge in [0.25, 0.3) is 0 Å². The number of hydrogen-bond acceptors (Lipinski definition) is 4. The molecule has 0 radical (unpaired) electrons. The highest BCUT2D eigenvalue weighted by molar-refractivity contribution is 5.88. The third-order valence-electron chi connectivity index (χ3n) is 2.78. The summed E-state index contributed by atoms with van der Waals surface area (Å²) in [6, 6.07) is 5.28. The normalized spacial score (nSPS) is 10.2. The fourth-order valence-corrected chi connectivity index (χ4v) is 1.85. The average molecular weight is 246 g/mol. The monoisotopic (exact) mass is 246 g/mol. The van der Waals surface area contributed by atoms with Crippen molar-refractivity contribution < 1.29 is 14.3 Å². The molecule has 2 rings (SSSR count). The number of carbonyl (C=O) groups excluding carboxylic acids is 1. The van der Waals surface area contributed by atoms with Crippen molar-refractivity contribution in [2.45, 2.75) is 0 Å². The Morgan fingerprint density at radius 3 is 2.39 bits per heavy atom. The lowest BCUT2D eigenvalue weighted by Gasteiger charge is -2.12. The molecule has 0 amide bonds. The molecule has 0 aliphatic rings. The lowest BCUT2D eigenvalue weighted by molar-refractivity contribution is 0.112. The van der Waals surface area contributed by atoms with Gasteiger partial charge in [0.2, 0.25) is 0 Å². The molecule has 0 aliphatic carbocycles. The fourth-order valence-electron chi connectivity index (χ4n) is 1.85. The number of hydrogen-bond donors (Lipinski definition) is 0. The number of aryl methyl sites for hydroxylation is 1. The summed E-state index contributed by atoms with van der Waals surface area (Å²) in [5.41, 5.74) is 2.15. The molecule has 1 heterocycles. The van der Waals surface area contributed by atoms with Crippen LogP contribution in [0, 0.1) is 0 Å². The van der Waals surface area contributed by atoms with Crippen LogP contribution in [0.1, 0.15) is 10.4 Å². The Labute approximate surface area is 105 Å². The number of aldehydes is 1. The van der Waals surface area contributed by atoms with E-state index in [1.165, 1.54) is 7.11 Å². The first-order valence-electron chi connectivity index (χ1n) is 5.40. The van der Waals surface area contributed by atoms with Gasteiger partial charge in [-0.1, -0.05) is 0 Å². The summed E-state index contributed by atoms with van der Waals surface area (Å²) in [5.74, 6) is 1.12. The molecule has 0 unspecified atom stereocenters. The molecule has 0 saturated carbocycles. The number of rotatable bonds is 4. The van der Waals surface area contributed by atoms with Crippen molar-refractivity contribution in [1.82, 2.24) is 9.78 Å². The smallest absolute Gasteiger partial charge is 0.161 e. The zero-order valence-electron chi connectivity index (χ0n) is 10.5. The lowest BCUT2D eigenvalue weighted by Crippen LogP contribution is -1.99. The van der Waals surface area contributed by atoms with Gasteiger partial charge in [0, 0.05) is 24.4 Å². The van der Waals surface area contributed by atoms with E-state index in [4.69, 9.17) is 9.47 Å². The van der Waals surface area contributed by atoms with Crippen LogP contribution in [0.5, 0.6) is 11.5 Å². The molecule has 0 aliphatic heterocycles. The van der Waals surface area contributed by atoms with E-state index < -0.39 is 0 Å². The van der Waals surface area contributed by atoms with Crippen molar-refractivity contribution in [3.05, 3.63) is 30.0 Å². The number of benzene rings is 1. The van der Waals surface area contributed by atoms with E-state index in [-0.39, 0.29) is 0 Å². The van der Waals surface area contributed by atoms with E-state index in [0.717, 1.165) is 17.5 Å². The second kappa shape index (κ2) is 4.91. The minimum atomic E-state index is 0.533. The summed E-state index contributed by atoms with van der Waals surface area (Å²) in [4.78, 5) is 11.2. The molecule has 0 spiro atoms. The molecule has 1 aromatic carbocycles. The predicted octanol–water partition coefficient (Wildman–Crippen LogP) is 1.92. The van der Waals surface area contributed by atoms with Crippen molar-refractivity contribution >= 4 is 6.29 Å². The highest BCUT2D eigenvalue weighted by Crippen LogP contribution is 2.34. The van der Waals surface area contributed by atoms with Gasteiger partial charge in [0.05, 0.1) is 19.9 Å². The van der Waals surface area contributed by atoms with Gasteiger partial charge in [-0.3, -0.25) is 9.48 Å². The molecule has 0 atom stereocenters. The fraction of sp³-hybridized carbons (Fsp3) is 0.231. The lowest BCUT2D eigenvalue weighted by atomic mass is 10.0. The minimum absolute atomic E-state index is 0.533. The second-order valence-corrected chi connectivity index (χ2v) is 3.75. The van der Waals surface area contributed by atoms with E-state index in [2.05, 4.69) is 5.10 Å². The number of methoxy groups -OCH3 is 2. The first-order chi connectivity index (χ1) is 8.71. The van der Waals surface area contributed by atoms with Crippen LogP contribution in [0.4, 0.5) is 0 Å². The average Bonchev–Trinajstić information content (AvgIpc) is 2.83. The molecule has 5 nitrogen and oxygen atoms in total. The van der Waals surface area contributed by atoms with Gasteiger partial charge in [-0.2, -0.15) is 5.10 Å². The van der Waals surface area contributed by atoms with Crippen LogP contribution in [-0.4, -0.2) is 30.3 Å². The zero-order valence-corrected chi connectivity index (χ0v) is 10.5. The largest absolute Gasteiger partial charge is 0.493 e. The first kappa shape index (κ1) is 12.2. The Balaban J connectivity index is 2.66. The Morgan fingerprint density at radius 2 is 1.89 bits per heavy atom. The van der Waals surface area contributed by atoms with E-state index in [1.54, 1.807) is 30.1 Å². The maximum Gasteiger partial charge on any atom is 0.161 e. The molecule has 0 saturated heterocycles. The predicted molar refractivity (Wildman–Crippen MR) is 67.1 cm³/mol. The third kappa shape index (κ3) is 1.95. The molecular formula is C13H14N2O3. The topological polar surface area (TPSA) is 53.3 Å². The maximum absolute atomic E-state index is 11.2. The number of aromatic nitrogens is 2. The van der Waals surface area contributed by atoms with E-state index >= 15 is 0 Å². The van der Waals surface area contributed by atoms with Gasteiger partial charge < -0.3 is 9.47 Å². The molecule has 5 heteroatoms. The molecule has 94 valence electrons. The van der Waals surface area contributed by atoms with Gasteiger partial charge in [0.15, 0.2) is 17.8 Å². The zero-order chi connectivity index (χ0) is 13.1. The van der Waals surface area contributed by atoms with E-state index in [9.17, 15) is 4.79 Å². The number of carbonyl (C=O) groups is 1. The van der Waals surface area contributed by atoms with Gasteiger partial charge in [-0.15, -0.1) is 0 Å². The summed E-state index contributed by atoms with van der Waals surface area (Å²) >= 11 is 0. The molecule has 1 aromatic heterocycles. The molecular weight excluding hydrogens is 232 g/mol. The summed E-state index contributed by atoms with van der Waals surface area (Å²) in [6.45, 7) is 0. The molecule has 0 bridgehead atoms. The van der Waals surface area contributed by atoms with E-state index in [0.29, 0.717) is 17.1 Å². The van der Waals surface area contributed by atoms with E-state index in [1.807, 2.05) is 13.1 Å². The Bertz CT molecular complexity index is 576. The van der Waals surface area contributed by atoms with Crippen LogP contribution in [0.25, 0.3) is 11.3 Å². The van der Waals surface area contributed by atoms with Crippen LogP contribution in [0.2, 0.25) is 0 Å². The van der Waals surface area contributed by atoms with Gasteiger partial charge in [-0.05, 0) is 18.2 Å². The van der Waals surface area contributed by atoms with Crippen LogP contribution >= 0.6 is 0 Å². The highest BCUT2D eigenvalue weighted by atomic mass is 16.5. The molecule has 0 fully saturated rings. The van der Waals surface area contributed by atoms with Gasteiger partial charge in [-0.25, -0.2) is 0 Å². The number of ether oxygens (including phenoxy) is 2. The Morgan fingerprint density at radius 1 is 1.22 bits per heavy atom. The van der Waals surface area contributed by atoms with Crippen molar-refractivity contribution in [3.8, 4) is 22.8 Å². The van der Waals surface area contributed by atoms with Crippen LogP contribution < -0.4 is 9.47 Å².